The third kappa shape index (κ3) is 3.99. The molecule has 0 saturated carbocycles. The fourth-order valence-electron chi connectivity index (χ4n) is 1.49. The zero-order chi connectivity index (χ0) is 13.9. The van der Waals surface area contributed by atoms with Crippen molar-refractivity contribution in [2.24, 2.45) is 11.8 Å². The van der Waals surface area contributed by atoms with Crippen LogP contribution in [0.3, 0.4) is 0 Å². The Labute approximate surface area is 110 Å². The molecule has 0 amide bonds. The molecule has 4 nitrogen and oxygen atoms in total. The molecule has 0 spiro atoms. The molecule has 0 bridgehead atoms. The summed E-state index contributed by atoms with van der Waals surface area (Å²) in [4.78, 5) is 0.232. The zero-order valence-electron chi connectivity index (χ0n) is 11.4. The van der Waals surface area contributed by atoms with Gasteiger partial charge in [0.1, 0.15) is 0 Å². The number of nitrogen functional groups attached to an aromatic ring is 1. The number of hydrogen-bond acceptors (Lipinski definition) is 3. The standard InChI is InChI=1S/C13H22N2O2S/c1-9(2)11(4)8-15-18(16,17)13-6-10(3)5-12(14)7-13/h5-7,9,11,15H,8,14H2,1-4H3. The number of aryl methyl sites for hydroxylation is 1. The van der Waals surface area contributed by atoms with E-state index in [1.54, 1.807) is 12.1 Å². The molecule has 1 unspecified atom stereocenters. The van der Waals surface area contributed by atoms with Crippen LogP contribution in [0.15, 0.2) is 23.1 Å². The number of rotatable bonds is 5. The first-order valence-corrected chi connectivity index (χ1v) is 7.57. The molecule has 18 heavy (non-hydrogen) atoms. The van der Waals surface area contributed by atoms with E-state index in [4.69, 9.17) is 5.73 Å². The summed E-state index contributed by atoms with van der Waals surface area (Å²) >= 11 is 0. The summed E-state index contributed by atoms with van der Waals surface area (Å²) < 4.78 is 26.8. The topological polar surface area (TPSA) is 72.2 Å². The van der Waals surface area contributed by atoms with Crippen molar-refractivity contribution in [1.82, 2.24) is 4.72 Å². The van der Waals surface area contributed by atoms with E-state index >= 15 is 0 Å². The summed E-state index contributed by atoms with van der Waals surface area (Å²) in [6.07, 6.45) is 0. The normalized spacial score (nSPS) is 13.8. The highest BCUT2D eigenvalue weighted by Gasteiger charge is 2.17. The number of nitrogens with one attached hydrogen (secondary N) is 1. The van der Waals surface area contributed by atoms with E-state index in [1.807, 2.05) is 13.8 Å². The van der Waals surface area contributed by atoms with E-state index < -0.39 is 10.0 Å². The lowest BCUT2D eigenvalue weighted by Gasteiger charge is -2.16. The molecule has 5 heteroatoms. The van der Waals surface area contributed by atoms with Crippen LogP contribution < -0.4 is 10.5 Å². The predicted octanol–water partition coefficient (Wildman–Crippen LogP) is 2.15. The number of sulfonamides is 1. The van der Waals surface area contributed by atoms with E-state index in [0.29, 0.717) is 24.1 Å². The maximum Gasteiger partial charge on any atom is 0.240 e. The molecular formula is C13H22N2O2S. The van der Waals surface area contributed by atoms with Crippen molar-refractivity contribution in [3.05, 3.63) is 23.8 Å². The van der Waals surface area contributed by atoms with Crippen molar-refractivity contribution in [2.75, 3.05) is 12.3 Å². The quantitative estimate of drug-likeness (QED) is 0.805. The molecule has 0 radical (unpaired) electrons. The van der Waals surface area contributed by atoms with E-state index in [0.717, 1.165) is 5.56 Å². The Kier molecular flexibility index (Phi) is 4.76. The molecule has 1 rings (SSSR count). The minimum Gasteiger partial charge on any atom is -0.399 e. The average molecular weight is 270 g/mol. The van der Waals surface area contributed by atoms with Crippen molar-refractivity contribution < 1.29 is 8.42 Å². The van der Waals surface area contributed by atoms with Gasteiger partial charge in [-0.3, -0.25) is 0 Å². The van der Waals surface area contributed by atoms with Crippen LogP contribution in [0.4, 0.5) is 5.69 Å². The molecule has 0 aliphatic rings. The number of benzene rings is 1. The van der Waals surface area contributed by atoms with Gasteiger partial charge in [0, 0.05) is 12.2 Å². The minimum absolute atomic E-state index is 0.232. The van der Waals surface area contributed by atoms with Gasteiger partial charge < -0.3 is 5.73 Å². The average Bonchev–Trinajstić information content (AvgIpc) is 2.24. The van der Waals surface area contributed by atoms with Gasteiger partial charge in [0.2, 0.25) is 10.0 Å². The minimum atomic E-state index is -3.46. The fraction of sp³-hybridized carbons (Fsp3) is 0.538. The molecule has 0 aromatic heterocycles. The molecule has 0 saturated heterocycles. The van der Waals surface area contributed by atoms with Gasteiger partial charge in [-0.15, -0.1) is 0 Å². The Morgan fingerprint density at radius 2 is 1.83 bits per heavy atom. The predicted molar refractivity (Wildman–Crippen MR) is 74.8 cm³/mol. The Hall–Kier alpha value is -1.07. The summed E-state index contributed by atoms with van der Waals surface area (Å²) in [5, 5.41) is 0. The summed E-state index contributed by atoms with van der Waals surface area (Å²) in [6, 6.07) is 4.85. The van der Waals surface area contributed by atoms with Gasteiger partial charge >= 0.3 is 0 Å². The van der Waals surface area contributed by atoms with Crippen LogP contribution in [0.5, 0.6) is 0 Å². The molecule has 0 aliphatic heterocycles. The molecule has 0 fully saturated rings. The largest absolute Gasteiger partial charge is 0.399 e. The Balaban J connectivity index is 2.86. The van der Waals surface area contributed by atoms with Crippen LogP contribution in [-0.4, -0.2) is 15.0 Å². The van der Waals surface area contributed by atoms with E-state index in [1.165, 1.54) is 6.07 Å². The van der Waals surface area contributed by atoms with Crippen molar-refractivity contribution in [2.45, 2.75) is 32.6 Å². The summed E-state index contributed by atoms with van der Waals surface area (Å²) in [5.74, 6) is 0.734. The Bertz CT molecular complexity index is 489. The monoisotopic (exact) mass is 270 g/mol. The van der Waals surface area contributed by atoms with E-state index in [-0.39, 0.29) is 4.90 Å². The summed E-state index contributed by atoms with van der Waals surface area (Å²) in [5.41, 5.74) is 6.97. The van der Waals surface area contributed by atoms with Crippen LogP contribution in [0.2, 0.25) is 0 Å². The smallest absolute Gasteiger partial charge is 0.240 e. The Morgan fingerprint density at radius 1 is 1.22 bits per heavy atom. The van der Waals surface area contributed by atoms with Gasteiger partial charge in [-0.25, -0.2) is 13.1 Å². The second kappa shape index (κ2) is 5.71. The highest BCUT2D eigenvalue weighted by Crippen LogP contribution is 2.17. The molecule has 1 aromatic carbocycles. The van der Waals surface area contributed by atoms with Crippen LogP contribution in [0.1, 0.15) is 26.3 Å². The highest BCUT2D eigenvalue weighted by molar-refractivity contribution is 7.89. The van der Waals surface area contributed by atoms with Crippen LogP contribution in [-0.2, 0) is 10.0 Å². The van der Waals surface area contributed by atoms with E-state index in [2.05, 4.69) is 18.6 Å². The van der Waals surface area contributed by atoms with Crippen LogP contribution in [0.25, 0.3) is 0 Å². The van der Waals surface area contributed by atoms with Gasteiger partial charge in [0.25, 0.3) is 0 Å². The third-order valence-electron chi connectivity index (χ3n) is 3.12. The summed E-state index contributed by atoms with van der Waals surface area (Å²) in [7, 11) is -3.46. The van der Waals surface area contributed by atoms with Gasteiger partial charge in [0.15, 0.2) is 0 Å². The lowest BCUT2D eigenvalue weighted by molar-refractivity contribution is 0.414. The van der Waals surface area contributed by atoms with Gasteiger partial charge in [-0.2, -0.15) is 0 Å². The molecular weight excluding hydrogens is 248 g/mol. The number of nitrogens with two attached hydrogens (primary N) is 1. The maximum absolute atomic E-state index is 12.1. The third-order valence-corrected chi connectivity index (χ3v) is 4.52. The molecule has 3 N–H and O–H groups in total. The summed E-state index contributed by atoms with van der Waals surface area (Å²) in [6.45, 7) is 8.44. The lowest BCUT2D eigenvalue weighted by atomic mass is 9.99. The Morgan fingerprint density at radius 3 is 2.33 bits per heavy atom. The zero-order valence-corrected chi connectivity index (χ0v) is 12.2. The number of anilines is 1. The van der Waals surface area contributed by atoms with Crippen molar-refractivity contribution in [3.8, 4) is 0 Å². The maximum atomic E-state index is 12.1. The van der Waals surface area contributed by atoms with Gasteiger partial charge in [-0.05, 0) is 42.5 Å². The van der Waals surface area contributed by atoms with E-state index in [9.17, 15) is 8.42 Å². The SMILES string of the molecule is Cc1cc(N)cc(S(=O)(=O)NCC(C)C(C)C)c1. The van der Waals surface area contributed by atoms with Gasteiger partial charge in [0.05, 0.1) is 4.90 Å². The second-order valence-electron chi connectivity index (χ2n) is 5.15. The van der Waals surface area contributed by atoms with Crippen LogP contribution in [0, 0.1) is 18.8 Å². The van der Waals surface area contributed by atoms with Crippen molar-refractivity contribution in [1.29, 1.82) is 0 Å². The fourth-order valence-corrected chi connectivity index (χ4v) is 2.77. The highest BCUT2D eigenvalue weighted by atomic mass is 32.2. The van der Waals surface area contributed by atoms with Crippen LogP contribution >= 0.6 is 0 Å². The molecule has 1 aromatic rings. The second-order valence-corrected chi connectivity index (χ2v) is 6.92. The molecule has 102 valence electrons. The van der Waals surface area contributed by atoms with Gasteiger partial charge in [-0.1, -0.05) is 20.8 Å². The molecule has 1 atom stereocenters. The number of hydrogen-bond donors (Lipinski definition) is 2. The van der Waals surface area contributed by atoms with Crippen molar-refractivity contribution in [3.63, 3.8) is 0 Å². The molecule has 0 aliphatic carbocycles. The molecule has 0 heterocycles. The lowest BCUT2D eigenvalue weighted by Crippen LogP contribution is -2.30. The first kappa shape index (κ1) is 15.0. The first-order valence-electron chi connectivity index (χ1n) is 6.09. The van der Waals surface area contributed by atoms with Crippen molar-refractivity contribution >= 4 is 15.7 Å². The first-order chi connectivity index (χ1) is 8.22.